The topological polar surface area (TPSA) is 78.1 Å². The Bertz CT molecular complexity index is 447. The van der Waals surface area contributed by atoms with Gasteiger partial charge in [-0.05, 0) is 19.4 Å². The minimum atomic E-state index is -0.196. The summed E-state index contributed by atoms with van der Waals surface area (Å²) in [5.74, 6) is 1.76. The fourth-order valence-electron chi connectivity index (χ4n) is 1.29. The van der Waals surface area contributed by atoms with E-state index in [1.54, 1.807) is 12.3 Å². The Hall–Kier alpha value is -1.62. The monoisotopic (exact) mass is 207 g/mol. The van der Waals surface area contributed by atoms with E-state index in [9.17, 15) is 0 Å². The molecule has 0 aromatic carbocycles. The van der Waals surface area contributed by atoms with Crippen LogP contribution in [0.5, 0.6) is 0 Å². The maximum Gasteiger partial charge on any atom is 0.243 e. The van der Waals surface area contributed by atoms with Gasteiger partial charge in [-0.2, -0.15) is 4.98 Å². The van der Waals surface area contributed by atoms with Crippen molar-refractivity contribution in [3.8, 4) is 11.4 Å². The number of rotatable bonds is 3. The van der Waals surface area contributed by atoms with Gasteiger partial charge in [0.05, 0.1) is 17.9 Å². The van der Waals surface area contributed by atoms with Crippen LogP contribution in [-0.4, -0.2) is 10.1 Å². The molecule has 0 spiro atoms. The summed E-state index contributed by atoms with van der Waals surface area (Å²) < 4.78 is 10.2. The first-order valence-electron chi connectivity index (χ1n) is 4.86. The summed E-state index contributed by atoms with van der Waals surface area (Å²) in [5, 5.41) is 3.86. The SMILES string of the molecule is CC[C@@H](N)c1nc(-c2ccoc2C)no1. The van der Waals surface area contributed by atoms with Crippen LogP contribution in [0.4, 0.5) is 0 Å². The van der Waals surface area contributed by atoms with E-state index in [0.717, 1.165) is 17.7 Å². The standard InChI is InChI=1S/C10H13N3O2/c1-3-8(11)10-12-9(13-15-10)7-4-5-14-6(7)2/h4-5,8H,3,11H2,1-2H3/t8-/m1/s1. The highest BCUT2D eigenvalue weighted by atomic mass is 16.5. The van der Waals surface area contributed by atoms with Crippen LogP contribution in [0.2, 0.25) is 0 Å². The molecule has 0 saturated heterocycles. The van der Waals surface area contributed by atoms with Crippen molar-refractivity contribution >= 4 is 0 Å². The van der Waals surface area contributed by atoms with Crippen molar-refractivity contribution in [1.29, 1.82) is 0 Å². The maximum atomic E-state index is 5.78. The molecule has 0 aliphatic rings. The number of furan rings is 1. The lowest BCUT2D eigenvalue weighted by Gasteiger charge is -1.98. The molecule has 80 valence electrons. The highest BCUT2D eigenvalue weighted by Gasteiger charge is 2.16. The normalized spacial score (nSPS) is 13.0. The van der Waals surface area contributed by atoms with Crippen molar-refractivity contribution in [3.63, 3.8) is 0 Å². The van der Waals surface area contributed by atoms with Crippen LogP contribution in [0.25, 0.3) is 11.4 Å². The average molecular weight is 207 g/mol. The molecular formula is C10H13N3O2. The zero-order chi connectivity index (χ0) is 10.8. The van der Waals surface area contributed by atoms with E-state index in [4.69, 9.17) is 14.7 Å². The number of hydrogen-bond acceptors (Lipinski definition) is 5. The van der Waals surface area contributed by atoms with Crippen molar-refractivity contribution in [2.45, 2.75) is 26.3 Å². The Morgan fingerprint density at radius 1 is 1.53 bits per heavy atom. The van der Waals surface area contributed by atoms with Gasteiger partial charge in [-0.3, -0.25) is 0 Å². The van der Waals surface area contributed by atoms with Crippen molar-refractivity contribution in [2.75, 3.05) is 0 Å². The van der Waals surface area contributed by atoms with E-state index in [-0.39, 0.29) is 6.04 Å². The fourth-order valence-corrected chi connectivity index (χ4v) is 1.29. The molecule has 0 aliphatic heterocycles. The van der Waals surface area contributed by atoms with Gasteiger partial charge < -0.3 is 14.7 Å². The van der Waals surface area contributed by atoms with E-state index in [0.29, 0.717) is 11.7 Å². The molecule has 15 heavy (non-hydrogen) atoms. The Morgan fingerprint density at radius 2 is 2.33 bits per heavy atom. The first-order valence-corrected chi connectivity index (χ1v) is 4.86. The zero-order valence-electron chi connectivity index (χ0n) is 8.73. The molecule has 0 aliphatic carbocycles. The van der Waals surface area contributed by atoms with Gasteiger partial charge in [0.2, 0.25) is 11.7 Å². The predicted molar refractivity (Wildman–Crippen MR) is 54.0 cm³/mol. The second-order valence-electron chi connectivity index (χ2n) is 3.36. The molecule has 0 unspecified atom stereocenters. The highest BCUT2D eigenvalue weighted by Crippen LogP contribution is 2.22. The summed E-state index contributed by atoms with van der Waals surface area (Å²) in [6, 6.07) is 1.61. The van der Waals surface area contributed by atoms with E-state index >= 15 is 0 Å². The fraction of sp³-hybridized carbons (Fsp3) is 0.400. The van der Waals surface area contributed by atoms with Gasteiger partial charge in [-0.1, -0.05) is 12.1 Å². The van der Waals surface area contributed by atoms with Gasteiger partial charge in [-0.15, -0.1) is 0 Å². The molecule has 2 N–H and O–H groups in total. The van der Waals surface area contributed by atoms with Gasteiger partial charge in [0.25, 0.3) is 0 Å². The molecule has 0 radical (unpaired) electrons. The Balaban J connectivity index is 2.32. The lowest BCUT2D eigenvalue weighted by molar-refractivity contribution is 0.352. The third-order valence-corrected chi connectivity index (χ3v) is 2.30. The van der Waals surface area contributed by atoms with E-state index in [1.807, 2.05) is 13.8 Å². The Kier molecular flexibility index (Phi) is 2.55. The molecule has 2 rings (SSSR count). The molecule has 0 bridgehead atoms. The summed E-state index contributed by atoms with van der Waals surface area (Å²) in [5.41, 5.74) is 6.62. The molecule has 0 amide bonds. The summed E-state index contributed by atoms with van der Waals surface area (Å²) in [6.07, 6.45) is 2.37. The highest BCUT2D eigenvalue weighted by molar-refractivity contribution is 5.56. The van der Waals surface area contributed by atoms with E-state index < -0.39 is 0 Å². The first kappa shape index (κ1) is 9.92. The van der Waals surface area contributed by atoms with Gasteiger partial charge in [-0.25, -0.2) is 0 Å². The molecule has 1 atom stereocenters. The minimum Gasteiger partial charge on any atom is -0.469 e. The number of aromatic nitrogens is 2. The zero-order valence-corrected chi connectivity index (χ0v) is 8.73. The van der Waals surface area contributed by atoms with Crippen molar-refractivity contribution < 1.29 is 8.94 Å². The first-order chi connectivity index (χ1) is 7.22. The Morgan fingerprint density at radius 3 is 2.93 bits per heavy atom. The molecule has 2 aromatic heterocycles. The number of nitrogens with two attached hydrogens (primary N) is 1. The van der Waals surface area contributed by atoms with E-state index in [1.165, 1.54) is 0 Å². The van der Waals surface area contributed by atoms with Crippen LogP contribution < -0.4 is 5.73 Å². The van der Waals surface area contributed by atoms with Crippen LogP contribution in [0.15, 0.2) is 21.3 Å². The average Bonchev–Trinajstić information content (AvgIpc) is 2.84. The quantitative estimate of drug-likeness (QED) is 0.833. The summed E-state index contributed by atoms with van der Waals surface area (Å²) in [7, 11) is 0. The van der Waals surface area contributed by atoms with Crippen LogP contribution in [0.3, 0.4) is 0 Å². The molecule has 0 fully saturated rings. The lowest BCUT2D eigenvalue weighted by atomic mass is 10.2. The van der Waals surface area contributed by atoms with E-state index in [2.05, 4.69) is 10.1 Å². The summed E-state index contributed by atoms with van der Waals surface area (Å²) in [6.45, 7) is 3.82. The van der Waals surface area contributed by atoms with Crippen molar-refractivity contribution in [3.05, 3.63) is 24.0 Å². The van der Waals surface area contributed by atoms with Gasteiger partial charge in [0, 0.05) is 0 Å². The van der Waals surface area contributed by atoms with Gasteiger partial charge in [0.15, 0.2) is 0 Å². The second-order valence-corrected chi connectivity index (χ2v) is 3.36. The number of nitrogens with zero attached hydrogens (tertiary/aromatic N) is 2. The largest absolute Gasteiger partial charge is 0.469 e. The molecule has 0 saturated carbocycles. The summed E-state index contributed by atoms with van der Waals surface area (Å²) >= 11 is 0. The molecule has 2 aromatic rings. The summed E-state index contributed by atoms with van der Waals surface area (Å²) in [4.78, 5) is 4.22. The van der Waals surface area contributed by atoms with Crippen LogP contribution in [0, 0.1) is 6.92 Å². The minimum absolute atomic E-state index is 0.196. The van der Waals surface area contributed by atoms with Crippen LogP contribution in [0.1, 0.15) is 31.0 Å². The third-order valence-electron chi connectivity index (χ3n) is 2.30. The lowest BCUT2D eigenvalue weighted by Crippen LogP contribution is -2.08. The van der Waals surface area contributed by atoms with Gasteiger partial charge in [0.1, 0.15) is 5.76 Å². The molecule has 5 nitrogen and oxygen atoms in total. The van der Waals surface area contributed by atoms with Crippen molar-refractivity contribution in [1.82, 2.24) is 10.1 Å². The van der Waals surface area contributed by atoms with Crippen molar-refractivity contribution in [2.24, 2.45) is 5.73 Å². The molecular weight excluding hydrogens is 194 g/mol. The van der Waals surface area contributed by atoms with Crippen LogP contribution in [-0.2, 0) is 0 Å². The maximum absolute atomic E-state index is 5.78. The number of aryl methyl sites for hydroxylation is 1. The van der Waals surface area contributed by atoms with Gasteiger partial charge >= 0.3 is 0 Å². The smallest absolute Gasteiger partial charge is 0.243 e. The van der Waals surface area contributed by atoms with Crippen LogP contribution >= 0.6 is 0 Å². The Labute approximate surface area is 87.3 Å². The molecule has 5 heteroatoms. The second kappa shape index (κ2) is 3.86. The third kappa shape index (κ3) is 1.78. The molecule has 2 heterocycles. The predicted octanol–water partition coefficient (Wildman–Crippen LogP) is 2.05. The number of hydrogen-bond donors (Lipinski definition) is 1.